The lowest BCUT2D eigenvalue weighted by Gasteiger charge is -2.27. The van der Waals surface area contributed by atoms with E-state index in [1.54, 1.807) is 0 Å². The van der Waals surface area contributed by atoms with Gasteiger partial charge in [0, 0.05) is 0 Å². The summed E-state index contributed by atoms with van der Waals surface area (Å²) in [6.07, 6.45) is 4.76. The van der Waals surface area contributed by atoms with Gasteiger partial charge in [-0.1, -0.05) is 153 Å². The molecule has 0 heterocycles. The molecule has 4 N–H and O–H groups in total. The van der Waals surface area contributed by atoms with Crippen LogP contribution in [0.2, 0.25) is 0 Å². The zero-order chi connectivity index (χ0) is 58.6. The SMILES string of the molecule is CCCC[P+](c1ccccc1)(c1ccccc1)c1ccccc1.O=C(O)c1cc(C(=O)O)cc(S(=O)(=O)O)c1.O=C([O-])c1cc(C(=O)[O-])cc(S(=O)(=O)O)c1.c1ccc(C[P+](c2ccccc2)(c2ccccc2)c2ccccc2)cc1. The molecule has 81 heavy (non-hydrogen) atoms. The number of carbonyl (C=O) groups excluding carboxylic acids is 2. The third-order valence-corrected chi connectivity index (χ3v) is 23.2. The second-order valence-electron chi connectivity index (χ2n) is 18.0. The van der Waals surface area contributed by atoms with Gasteiger partial charge in [0.15, 0.2) is 0 Å². The van der Waals surface area contributed by atoms with Crippen molar-refractivity contribution >= 4 is 90.5 Å². The van der Waals surface area contributed by atoms with Crippen LogP contribution in [-0.4, -0.2) is 66.2 Å². The Morgan fingerprint density at radius 2 is 0.630 bits per heavy atom. The lowest BCUT2D eigenvalue weighted by atomic mass is 10.1. The number of hydrogen-bond acceptors (Lipinski definition) is 10. The molecule has 0 fully saturated rings. The maximum Gasteiger partial charge on any atom is 0.335 e. The molecule has 0 aliphatic rings. The Morgan fingerprint density at radius 3 is 0.877 bits per heavy atom. The van der Waals surface area contributed by atoms with Crippen molar-refractivity contribution in [3.63, 3.8) is 0 Å². The fraction of sp³-hybridized carbons (Fsp3) is 0.0794. The maximum atomic E-state index is 10.8. The van der Waals surface area contributed by atoms with E-state index in [1.165, 1.54) is 56.4 Å². The van der Waals surface area contributed by atoms with Crippen molar-refractivity contribution < 1.29 is 65.5 Å². The van der Waals surface area contributed by atoms with Gasteiger partial charge in [0.1, 0.15) is 46.4 Å². The Morgan fingerprint density at radius 1 is 0.383 bits per heavy atom. The van der Waals surface area contributed by atoms with Gasteiger partial charge in [-0.25, -0.2) is 9.59 Å². The van der Waals surface area contributed by atoms with Gasteiger partial charge < -0.3 is 30.0 Å². The van der Waals surface area contributed by atoms with E-state index in [0.717, 1.165) is 12.2 Å². The Bertz CT molecular complexity index is 3410. The smallest absolute Gasteiger partial charge is 0.335 e. The van der Waals surface area contributed by atoms with E-state index in [1.807, 2.05) is 0 Å². The van der Waals surface area contributed by atoms with Gasteiger partial charge in [0.2, 0.25) is 0 Å². The van der Waals surface area contributed by atoms with E-state index in [4.69, 9.17) is 19.3 Å². The highest BCUT2D eigenvalue weighted by molar-refractivity contribution is 7.96. The van der Waals surface area contributed by atoms with Crippen LogP contribution >= 0.6 is 14.5 Å². The van der Waals surface area contributed by atoms with Crippen molar-refractivity contribution in [2.75, 3.05) is 6.16 Å². The highest BCUT2D eigenvalue weighted by Gasteiger charge is 2.46. The monoisotopic (exact) mass is 1160 g/mol. The first-order valence-corrected chi connectivity index (χ1v) is 31.8. The van der Waals surface area contributed by atoms with Gasteiger partial charge in [0.05, 0.1) is 45.2 Å². The zero-order valence-electron chi connectivity index (χ0n) is 43.6. The number of carboxylic acids is 4. The predicted octanol–water partition coefficient (Wildman–Crippen LogP) is 7.95. The number of aromatic carboxylic acids is 4. The third kappa shape index (κ3) is 16.3. The molecule has 0 unspecified atom stereocenters. The summed E-state index contributed by atoms with van der Waals surface area (Å²) in [4.78, 5) is 40.5. The number of rotatable bonds is 17. The van der Waals surface area contributed by atoms with Crippen LogP contribution in [0.3, 0.4) is 0 Å². The minimum Gasteiger partial charge on any atom is -0.545 e. The molecule has 0 spiro atoms. The van der Waals surface area contributed by atoms with Crippen LogP contribution in [0, 0.1) is 0 Å². The number of hydrogen-bond donors (Lipinski definition) is 4. The Kier molecular flexibility index (Phi) is 21.8. The van der Waals surface area contributed by atoms with Crippen LogP contribution in [0.5, 0.6) is 0 Å². The summed E-state index contributed by atoms with van der Waals surface area (Å²) >= 11 is 0. The van der Waals surface area contributed by atoms with Crippen molar-refractivity contribution in [3.05, 3.63) is 277 Å². The second-order valence-corrected chi connectivity index (χ2v) is 27.9. The van der Waals surface area contributed by atoms with Gasteiger partial charge in [-0.15, -0.1) is 0 Å². The quantitative estimate of drug-likeness (QED) is 0.0498. The summed E-state index contributed by atoms with van der Waals surface area (Å²) in [5.41, 5.74) is -1.05. The molecule has 0 saturated heterocycles. The highest BCUT2D eigenvalue weighted by Crippen LogP contribution is 2.58. The molecule has 0 aliphatic heterocycles. The molecular formula is C63H56O14P2S2. The summed E-state index contributed by atoms with van der Waals surface area (Å²) in [6.45, 7) is 2.29. The van der Waals surface area contributed by atoms with Gasteiger partial charge >= 0.3 is 11.9 Å². The fourth-order valence-corrected chi connectivity index (χ4v) is 18.7. The number of carbonyl (C=O) groups is 4. The fourth-order valence-electron chi connectivity index (χ4n) is 8.88. The minimum atomic E-state index is -4.70. The van der Waals surface area contributed by atoms with Crippen molar-refractivity contribution in [2.45, 2.75) is 35.7 Å². The largest absolute Gasteiger partial charge is 0.545 e. The molecule has 0 aromatic heterocycles. The number of benzene rings is 9. The molecule has 9 rings (SSSR count). The van der Waals surface area contributed by atoms with Crippen LogP contribution < -0.4 is 42.0 Å². The second kappa shape index (κ2) is 28.6. The van der Waals surface area contributed by atoms with Crippen LogP contribution in [0.1, 0.15) is 66.8 Å². The molecular weight excluding hydrogens is 1110 g/mol. The summed E-state index contributed by atoms with van der Waals surface area (Å²) in [5.74, 6) is -6.53. The van der Waals surface area contributed by atoms with Crippen molar-refractivity contribution in [1.29, 1.82) is 0 Å². The average Bonchev–Trinajstić information content (AvgIpc) is 3.51. The molecule has 14 nitrogen and oxygen atoms in total. The van der Waals surface area contributed by atoms with E-state index in [9.17, 15) is 46.2 Å². The molecule has 0 aliphatic carbocycles. The molecule has 9 aromatic rings. The Balaban J connectivity index is 0.000000178. The molecule has 18 heteroatoms. The third-order valence-electron chi connectivity index (χ3n) is 12.7. The number of carboxylic acid groups (broad SMARTS) is 4. The van der Waals surface area contributed by atoms with E-state index in [0.29, 0.717) is 30.3 Å². The molecule has 414 valence electrons. The predicted molar refractivity (Wildman–Crippen MR) is 315 cm³/mol. The van der Waals surface area contributed by atoms with Gasteiger partial charge in [-0.3, -0.25) is 9.11 Å². The first kappa shape index (κ1) is 61.7. The first-order valence-electron chi connectivity index (χ1n) is 25.0. The van der Waals surface area contributed by atoms with Crippen LogP contribution in [-0.2, 0) is 26.4 Å². The van der Waals surface area contributed by atoms with Crippen LogP contribution in [0.15, 0.2) is 259 Å². The van der Waals surface area contributed by atoms with E-state index < -0.39 is 90.7 Å². The van der Waals surface area contributed by atoms with Crippen molar-refractivity contribution in [2.24, 2.45) is 0 Å². The highest BCUT2D eigenvalue weighted by atomic mass is 32.2. The summed E-state index contributed by atoms with van der Waals surface area (Å²) in [6, 6.07) is 81.4. The molecule has 0 radical (unpaired) electrons. The maximum absolute atomic E-state index is 10.8. The van der Waals surface area contributed by atoms with Crippen LogP contribution in [0.4, 0.5) is 0 Å². The Hall–Kier alpha value is -8.46. The summed E-state index contributed by atoms with van der Waals surface area (Å²) < 4.78 is 60.3. The van der Waals surface area contributed by atoms with Crippen LogP contribution in [0.25, 0.3) is 0 Å². The topological polar surface area (TPSA) is 264 Å². The molecule has 9 aromatic carbocycles. The van der Waals surface area contributed by atoms with E-state index in [2.05, 4.69) is 219 Å². The Labute approximate surface area is 471 Å². The summed E-state index contributed by atoms with van der Waals surface area (Å²) in [5, 5.41) is 46.9. The lowest BCUT2D eigenvalue weighted by Crippen LogP contribution is -2.33. The average molecular weight is 1160 g/mol. The first-order chi connectivity index (χ1) is 38.7. The van der Waals surface area contributed by atoms with Gasteiger partial charge in [-0.2, -0.15) is 16.8 Å². The molecule has 0 saturated carbocycles. The molecule has 0 atom stereocenters. The molecule has 0 bridgehead atoms. The van der Waals surface area contributed by atoms with Crippen molar-refractivity contribution in [3.8, 4) is 0 Å². The minimum absolute atomic E-state index is 0.535. The van der Waals surface area contributed by atoms with Crippen molar-refractivity contribution in [1.82, 2.24) is 0 Å². The van der Waals surface area contributed by atoms with E-state index in [-0.39, 0.29) is 0 Å². The molecule has 0 amide bonds. The summed E-state index contributed by atoms with van der Waals surface area (Å²) in [7, 11) is -12.7. The van der Waals surface area contributed by atoms with Gasteiger partial charge in [-0.05, 0) is 132 Å². The van der Waals surface area contributed by atoms with E-state index >= 15 is 0 Å². The van der Waals surface area contributed by atoms with Gasteiger partial charge in [0.25, 0.3) is 20.2 Å². The zero-order valence-corrected chi connectivity index (χ0v) is 47.0. The number of unbranched alkanes of at least 4 members (excludes halogenated alkanes) is 1. The standard InChI is InChI=1S/C25H22P.C22H24P.2C8H6O7S/c1-5-13-22(14-6-1)21-26(23-15-7-2-8-16-23,24-17-9-3-10-18-24)25-19-11-4-12-20-25;1-2-3-19-23(20-13-7-4-8-14-20,21-15-9-5-10-16-21)22-17-11-6-12-18-22;2*9-7(10)4-1-5(8(11)12)3-6(2-4)16(13,14)15/h1-20H,21H2;4-18H,2-3,19H2,1H3;2*1-3H,(H,9,10)(H,11,12)(H,13,14,15)/q2*+1;;/p-2. The lowest BCUT2D eigenvalue weighted by molar-refractivity contribution is -0.255. The normalized spacial score (nSPS) is 11.2.